The molecular formula is C14H23ClN4O. The van der Waals surface area contributed by atoms with E-state index in [1.54, 1.807) is 13.1 Å². The van der Waals surface area contributed by atoms with Gasteiger partial charge in [0.05, 0.1) is 0 Å². The number of aryl methyl sites for hydroxylation is 1. The third kappa shape index (κ3) is 3.73. The van der Waals surface area contributed by atoms with Gasteiger partial charge < -0.3 is 10.2 Å². The highest BCUT2D eigenvalue weighted by molar-refractivity contribution is 6.29. The lowest BCUT2D eigenvalue weighted by atomic mass is 9.84. The van der Waals surface area contributed by atoms with Gasteiger partial charge in [0, 0.05) is 25.7 Å². The van der Waals surface area contributed by atoms with Crippen molar-refractivity contribution in [3.05, 3.63) is 16.9 Å². The summed E-state index contributed by atoms with van der Waals surface area (Å²) < 4.78 is 1.51. The Labute approximate surface area is 125 Å². The number of carbonyl (C=O) groups excluding carboxylic acids is 1. The fraction of sp³-hybridized carbons (Fsp3) is 0.714. The van der Waals surface area contributed by atoms with Gasteiger partial charge in [-0.1, -0.05) is 24.4 Å². The summed E-state index contributed by atoms with van der Waals surface area (Å²) in [6.07, 6.45) is 4.65. The third-order valence-corrected chi connectivity index (χ3v) is 4.23. The minimum absolute atomic E-state index is 0.122. The highest BCUT2D eigenvalue weighted by Gasteiger charge is 2.27. The maximum absolute atomic E-state index is 12.3. The smallest absolute Gasteiger partial charge is 0.272 e. The summed E-state index contributed by atoms with van der Waals surface area (Å²) in [6.45, 7) is 1.01. The summed E-state index contributed by atoms with van der Waals surface area (Å²) in [5.74, 6) is 0.394. The van der Waals surface area contributed by atoms with Crippen molar-refractivity contribution < 1.29 is 4.79 Å². The molecule has 1 aliphatic rings. The van der Waals surface area contributed by atoms with Gasteiger partial charge in [0.2, 0.25) is 0 Å². The second-order valence-electron chi connectivity index (χ2n) is 5.86. The highest BCUT2D eigenvalue weighted by atomic mass is 35.5. The third-order valence-electron chi connectivity index (χ3n) is 3.88. The van der Waals surface area contributed by atoms with Gasteiger partial charge in [0.1, 0.15) is 5.15 Å². The van der Waals surface area contributed by atoms with E-state index in [1.807, 2.05) is 0 Å². The number of hydrogen-bond acceptors (Lipinski definition) is 3. The van der Waals surface area contributed by atoms with E-state index in [2.05, 4.69) is 29.4 Å². The number of aromatic nitrogens is 2. The van der Waals surface area contributed by atoms with Crippen molar-refractivity contribution in [1.29, 1.82) is 0 Å². The summed E-state index contributed by atoms with van der Waals surface area (Å²) in [5, 5.41) is 7.73. The van der Waals surface area contributed by atoms with Crippen LogP contribution in [0.4, 0.5) is 0 Å². The number of rotatable bonds is 4. The van der Waals surface area contributed by atoms with E-state index in [-0.39, 0.29) is 11.9 Å². The molecule has 2 atom stereocenters. The second kappa shape index (κ2) is 6.59. The van der Waals surface area contributed by atoms with E-state index in [9.17, 15) is 4.79 Å². The zero-order valence-corrected chi connectivity index (χ0v) is 13.2. The van der Waals surface area contributed by atoms with Gasteiger partial charge in [0.15, 0.2) is 5.69 Å². The van der Waals surface area contributed by atoms with Crippen molar-refractivity contribution in [2.45, 2.75) is 31.7 Å². The summed E-state index contributed by atoms with van der Waals surface area (Å²) in [5.41, 5.74) is 0.395. The van der Waals surface area contributed by atoms with Gasteiger partial charge in [-0.05, 0) is 32.9 Å². The van der Waals surface area contributed by atoms with Crippen molar-refractivity contribution in [2.75, 3.05) is 20.6 Å². The number of halogens is 1. The Balaban J connectivity index is 2.00. The van der Waals surface area contributed by atoms with Crippen LogP contribution in [0, 0.1) is 5.92 Å². The van der Waals surface area contributed by atoms with Crippen LogP contribution in [0.1, 0.15) is 36.2 Å². The molecular weight excluding hydrogens is 276 g/mol. The number of nitrogens with zero attached hydrogens (tertiary/aromatic N) is 3. The number of amides is 1. The molecule has 6 heteroatoms. The molecule has 1 aromatic rings. The lowest BCUT2D eigenvalue weighted by Gasteiger charge is -2.33. The highest BCUT2D eigenvalue weighted by Crippen LogP contribution is 2.25. The monoisotopic (exact) mass is 298 g/mol. The molecule has 1 amide bonds. The Kier molecular flexibility index (Phi) is 5.05. The summed E-state index contributed by atoms with van der Waals surface area (Å²) >= 11 is 5.93. The van der Waals surface area contributed by atoms with E-state index in [0.717, 1.165) is 13.0 Å². The van der Waals surface area contributed by atoms with Crippen LogP contribution in [-0.2, 0) is 7.05 Å². The van der Waals surface area contributed by atoms with Crippen molar-refractivity contribution >= 4 is 17.5 Å². The number of hydrogen-bond donors (Lipinski definition) is 1. The lowest BCUT2D eigenvalue weighted by Crippen LogP contribution is -2.45. The van der Waals surface area contributed by atoms with E-state index < -0.39 is 0 Å². The topological polar surface area (TPSA) is 50.2 Å². The van der Waals surface area contributed by atoms with Crippen LogP contribution >= 0.6 is 11.6 Å². The minimum Gasteiger partial charge on any atom is -0.348 e. The molecule has 1 aliphatic carbocycles. The molecule has 0 aromatic carbocycles. The summed E-state index contributed by atoms with van der Waals surface area (Å²) in [7, 11) is 5.88. The van der Waals surface area contributed by atoms with Gasteiger partial charge in [-0.2, -0.15) is 5.10 Å². The predicted octanol–water partition coefficient (Wildman–Crippen LogP) is 1.92. The van der Waals surface area contributed by atoms with Crippen LogP contribution in [0.3, 0.4) is 0 Å². The normalized spacial score (nSPS) is 23.1. The van der Waals surface area contributed by atoms with Crippen LogP contribution in [-0.4, -0.2) is 47.3 Å². The summed E-state index contributed by atoms with van der Waals surface area (Å²) in [6, 6.07) is 1.85. The number of carbonyl (C=O) groups is 1. The molecule has 1 fully saturated rings. The SMILES string of the molecule is CN(C)C[C@@H]1CCCC[C@@H]1NC(=O)c1cc(Cl)n(C)n1. The zero-order valence-electron chi connectivity index (χ0n) is 12.4. The van der Waals surface area contributed by atoms with E-state index in [0.29, 0.717) is 16.8 Å². The lowest BCUT2D eigenvalue weighted by molar-refractivity contribution is 0.0889. The van der Waals surface area contributed by atoms with Gasteiger partial charge in [-0.15, -0.1) is 0 Å². The van der Waals surface area contributed by atoms with Crippen LogP contribution < -0.4 is 5.32 Å². The maximum Gasteiger partial charge on any atom is 0.272 e. The maximum atomic E-state index is 12.3. The van der Waals surface area contributed by atoms with E-state index in [4.69, 9.17) is 11.6 Å². The molecule has 20 heavy (non-hydrogen) atoms. The molecule has 1 heterocycles. The minimum atomic E-state index is -0.122. The average Bonchev–Trinajstić information content (AvgIpc) is 2.71. The first-order chi connectivity index (χ1) is 9.47. The van der Waals surface area contributed by atoms with Crippen LogP contribution in [0.2, 0.25) is 5.15 Å². The van der Waals surface area contributed by atoms with E-state index in [1.165, 1.54) is 23.9 Å². The van der Waals surface area contributed by atoms with Crippen molar-refractivity contribution in [1.82, 2.24) is 20.0 Å². The first-order valence-corrected chi connectivity index (χ1v) is 7.50. The molecule has 0 spiro atoms. The van der Waals surface area contributed by atoms with Crippen LogP contribution in [0.25, 0.3) is 0 Å². The van der Waals surface area contributed by atoms with Crippen LogP contribution in [0.15, 0.2) is 6.07 Å². The fourth-order valence-corrected chi connectivity index (χ4v) is 3.02. The van der Waals surface area contributed by atoms with Gasteiger partial charge in [0.25, 0.3) is 5.91 Å². The largest absolute Gasteiger partial charge is 0.348 e. The first kappa shape index (κ1) is 15.3. The predicted molar refractivity (Wildman–Crippen MR) is 80.0 cm³/mol. The standard InChI is InChI=1S/C14H23ClN4O/c1-18(2)9-10-6-4-5-7-11(10)16-14(20)12-8-13(15)19(3)17-12/h8,10-11H,4-7,9H2,1-3H3,(H,16,20)/t10-,11-/m0/s1. The molecule has 2 rings (SSSR count). The van der Waals surface area contributed by atoms with E-state index >= 15 is 0 Å². The van der Waals surface area contributed by atoms with Crippen LogP contribution in [0.5, 0.6) is 0 Å². The van der Waals surface area contributed by atoms with Crippen molar-refractivity contribution in [2.24, 2.45) is 13.0 Å². The molecule has 0 bridgehead atoms. The molecule has 5 nitrogen and oxygen atoms in total. The molecule has 1 aromatic heterocycles. The van der Waals surface area contributed by atoms with Gasteiger partial charge in [-0.25, -0.2) is 0 Å². The summed E-state index contributed by atoms with van der Waals surface area (Å²) in [4.78, 5) is 14.4. The van der Waals surface area contributed by atoms with Gasteiger partial charge >= 0.3 is 0 Å². The molecule has 112 valence electrons. The molecule has 1 N–H and O–H groups in total. The molecule has 1 saturated carbocycles. The second-order valence-corrected chi connectivity index (χ2v) is 6.25. The quantitative estimate of drug-likeness (QED) is 0.924. The Morgan fingerprint density at radius 3 is 2.80 bits per heavy atom. The molecule has 0 unspecified atom stereocenters. The zero-order chi connectivity index (χ0) is 14.7. The van der Waals surface area contributed by atoms with Crippen molar-refractivity contribution in [3.63, 3.8) is 0 Å². The van der Waals surface area contributed by atoms with Gasteiger partial charge in [-0.3, -0.25) is 9.48 Å². The molecule has 0 aliphatic heterocycles. The molecule has 0 saturated heterocycles. The molecule has 0 radical (unpaired) electrons. The Morgan fingerprint density at radius 1 is 1.50 bits per heavy atom. The Morgan fingerprint density at radius 2 is 2.20 bits per heavy atom. The average molecular weight is 299 g/mol. The number of nitrogens with one attached hydrogen (secondary N) is 1. The first-order valence-electron chi connectivity index (χ1n) is 7.12. The fourth-order valence-electron chi connectivity index (χ4n) is 2.88. The van der Waals surface area contributed by atoms with Crippen molar-refractivity contribution in [3.8, 4) is 0 Å². The Bertz CT molecular complexity index is 452. The Hall–Kier alpha value is -1.07.